The Morgan fingerprint density at radius 2 is 1.29 bits per heavy atom. The van der Waals surface area contributed by atoms with Crippen LogP contribution < -0.4 is 10.5 Å². The molecule has 0 aliphatic heterocycles. The number of nitrogens with zero attached hydrogens (tertiary/aromatic N) is 2. The third-order valence-corrected chi connectivity index (χ3v) is 3.18. The Labute approximate surface area is 123 Å². The van der Waals surface area contributed by atoms with Gasteiger partial charge in [-0.2, -0.15) is 4.98 Å². The minimum Gasteiger partial charge on any atom is -0.479 e. The van der Waals surface area contributed by atoms with Crippen LogP contribution in [0.1, 0.15) is 0 Å². The Morgan fingerprint density at radius 3 is 1.81 bits per heavy atom. The Kier molecular flexibility index (Phi) is 3.51. The molecule has 3 rings (SSSR count). The summed E-state index contributed by atoms with van der Waals surface area (Å²) in [6, 6.07) is 19.6. The van der Waals surface area contributed by atoms with E-state index in [-0.39, 0.29) is 0 Å². The first-order valence-electron chi connectivity index (χ1n) is 6.62. The zero-order chi connectivity index (χ0) is 14.7. The van der Waals surface area contributed by atoms with Crippen LogP contribution in [0.25, 0.3) is 22.5 Å². The fraction of sp³-hybridized carbons (Fsp3) is 0.0588. The van der Waals surface area contributed by atoms with E-state index in [9.17, 15) is 0 Å². The second-order valence-electron chi connectivity index (χ2n) is 4.55. The summed E-state index contributed by atoms with van der Waals surface area (Å²) in [7, 11) is 1.57. The zero-order valence-corrected chi connectivity index (χ0v) is 11.7. The van der Waals surface area contributed by atoms with Gasteiger partial charge >= 0.3 is 0 Å². The maximum absolute atomic E-state index is 6.02. The molecular weight excluding hydrogens is 262 g/mol. The monoisotopic (exact) mass is 277 g/mol. The lowest BCUT2D eigenvalue weighted by Crippen LogP contribution is -2.03. The molecule has 104 valence electrons. The van der Waals surface area contributed by atoms with Gasteiger partial charge in [0.1, 0.15) is 11.4 Å². The van der Waals surface area contributed by atoms with Crippen molar-refractivity contribution in [3.8, 4) is 28.4 Å². The molecule has 0 aliphatic rings. The zero-order valence-electron chi connectivity index (χ0n) is 11.7. The number of anilines is 1. The summed E-state index contributed by atoms with van der Waals surface area (Å²) < 4.78 is 5.32. The lowest BCUT2D eigenvalue weighted by atomic mass is 10.1. The van der Waals surface area contributed by atoms with Crippen LogP contribution >= 0.6 is 0 Å². The van der Waals surface area contributed by atoms with Crippen molar-refractivity contribution in [2.75, 3.05) is 12.8 Å². The number of nitrogen functional groups attached to an aromatic ring is 1. The van der Waals surface area contributed by atoms with E-state index in [2.05, 4.69) is 9.97 Å². The summed E-state index contributed by atoms with van der Waals surface area (Å²) in [5.41, 5.74) is 9.25. The quantitative estimate of drug-likeness (QED) is 0.797. The molecule has 0 bridgehead atoms. The molecule has 3 aromatic rings. The fourth-order valence-electron chi connectivity index (χ4n) is 2.17. The summed E-state index contributed by atoms with van der Waals surface area (Å²) in [4.78, 5) is 9.01. The maximum atomic E-state index is 6.02. The van der Waals surface area contributed by atoms with Crippen molar-refractivity contribution < 1.29 is 4.74 Å². The van der Waals surface area contributed by atoms with E-state index >= 15 is 0 Å². The van der Waals surface area contributed by atoms with Crippen LogP contribution in [0.5, 0.6) is 5.88 Å². The summed E-state index contributed by atoms with van der Waals surface area (Å²) in [6.45, 7) is 0. The first-order valence-corrected chi connectivity index (χ1v) is 6.62. The van der Waals surface area contributed by atoms with E-state index in [1.54, 1.807) is 7.11 Å². The minimum absolute atomic E-state index is 0.359. The SMILES string of the molecule is COc1nc(N)c(-c2ccccc2)nc1-c1ccccc1. The van der Waals surface area contributed by atoms with Crippen molar-refractivity contribution in [1.29, 1.82) is 0 Å². The van der Waals surface area contributed by atoms with Gasteiger partial charge in [0.05, 0.1) is 7.11 Å². The number of rotatable bonds is 3. The number of hydrogen-bond donors (Lipinski definition) is 1. The number of nitrogens with two attached hydrogens (primary N) is 1. The molecule has 4 nitrogen and oxygen atoms in total. The molecule has 1 heterocycles. The highest BCUT2D eigenvalue weighted by atomic mass is 16.5. The lowest BCUT2D eigenvalue weighted by molar-refractivity contribution is 0.398. The van der Waals surface area contributed by atoms with E-state index in [4.69, 9.17) is 10.5 Å². The smallest absolute Gasteiger partial charge is 0.242 e. The summed E-state index contributed by atoms with van der Waals surface area (Å²) in [5, 5.41) is 0. The van der Waals surface area contributed by atoms with E-state index in [1.807, 2.05) is 60.7 Å². The van der Waals surface area contributed by atoms with Gasteiger partial charge in [-0.3, -0.25) is 0 Å². The van der Waals surface area contributed by atoms with E-state index < -0.39 is 0 Å². The summed E-state index contributed by atoms with van der Waals surface area (Å²) in [6.07, 6.45) is 0. The van der Waals surface area contributed by atoms with Crippen molar-refractivity contribution in [2.24, 2.45) is 0 Å². The van der Waals surface area contributed by atoms with Crippen LogP contribution in [-0.4, -0.2) is 17.1 Å². The van der Waals surface area contributed by atoms with E-state index in [0.717, 1.165) is 11.1 Å². The second kappa shape index (κ2) is 5.63. The van der Waals surface area contributed by atoms with Gasteiger partial charge in [-0.05, 0) is 0 Å². The molecule has 0 spiro atoms. The normalized spacial score (nSPS) is 10.3. The first-order chi connectivity index (χ1) is 10.3. The van der Waals surface area contributed by atoms with Crippen molar-refractivity contribution in [3.05, 3.63) is 60.7 Å². The second-order valence-corrected chi connectivity index (χ2v) is 4.55. The van der Waals surface area contributed by atoms with Crippen molar-refractivity contribution in [3.63, 3.8) is 0 Å². The van der Waals surface area contributed by atoms with Gasteiger partial charge in [0.15, 0.2) is 5.82 Å². The number of methoxy groups -OCH3 is 1. The molecule has 2 N–H and O–H groups in total. The molecule has 0 amide bonds. The van der Waals surface area contributed by atoms with Gasteiger partial charge in [0, 0.05) is 11.1 Å². The number of benzene rings is 2. The van der Waals surface area contributed by atoms with Gasteiger partial charge in [0.2, 0.25) is 5.88 Å². The van der Waals surface area contributed by atoms with E-state index in [1.165, 1.54) is 0 Å². The van der Waals surface area contributed by atoms with Crippen LogP contribution in [0.2, 0.25) is 0 Å². The third kappa shape index (κ3) is 2.56. The van der Waals surface area contributed by atoms with E-state index in [0.29, 0.717) is 23.1 Å². The minimum atomic E-state index is 0.359. The molecule has 1 aromatic heterocycles. The topological polar surface area (TPSA) is 61.0 Å². The highest BCUT2D eigenvalue weighted by Crippen LogP contribution is 2.32. The molecule has 21 heavy (non-hydrogen) atoms. The van der Waals surface area contributed by atoms with Crippen LogP contribution in [0, 0.1) is 0 Å². The highest BCUT2D eigenvalue weighted by Gasteiger charge is 2.15. The molecule has 2 aromatic carbocycles. The predicted octanol–water partition coefficient (Wildman–Crippen LogP) is 3.40. The molecule has 0 aliphatic carbocycles. The number of hydrogen-bond acceptors (Lipinski definition) is 4. The number of aromatic nitrogens is 2. The molecule has 0 atom stereocenters. The summed E-state index contributed by atoms with van der Waals surface area (Å²) in [5.74, 6) is 0.788. The number of ether oxygens (including phenoxy) is 1. The molecule has 0 radical (unpaired) electrons. The summed E-state index contributed by atoms with van der Waals surface area (Å²) >= 11 is 0. The highest BCUT2D eigenvalue weighted by molar-refractivity contribution is 5.75. The van der Waals surface area contributed by atoms with Crippen molar-refractivity contribution in [2.45, 2.75) is 0 Å². The standard InChI is InChI=1S/C17H15N3O/c1-21-17-15(13-10-6-3-7-11-13)19-14(16(18)20-17)12-8-4-2-5-9-12/h2-11H,1H3,(H2,18,20). The maximum Gasteiger partial charge on any atom is 0.242 e. The molecular formula is C17H15N3O. The Morgan fingerprint density at radius 1 is 0.762 bits per heavy atom. The first kappa shape index (κ1) is 13.1. The van der Waals surface area contributed by atoms with Crippen LogP contribution in [-0.2, 0) is 0 Å². The third-order valence-electron chi connectivity index (χ3n) is 3.18. The Bertz CT molecular complexity index is 743. The van der Waals surface area contributed by atoms with Gasteiger partial charge in [-0.25, -0.2) is 4.98 Å². The lowest BCUT2D eigenvalue weighted by Gasteiger charge is -2.11. The van der Waals surface area contributed by atoms with Gasteiger partial charge < -0.3 is 10.5 Å². The van der Waals surface area contributed by atoms with Crippen LogP contribution in [0.4, 0.5) is 5.82 Å². The van der Waals surface area contributed by atoms with Gasteiger partial charge in [-0.15, -0.1) is 0 Å². The molecule has 0 saturated carbocycles. The van der Waals surface area contributed by atoms with Gasteiger partial charge in [-0.1, -0.05) is 60.7 Å². The average molecular weight is 277 g/mol. The van der Waals surface area contributed by atoms with Crippen LogP contribution in [0.15, 0.2) is 60.7 Å². The van der Waals surface area contributed by atoms with Crippen molar-refractivity contribution >= 4 is 5.82 Å². The van der Waals surface area contributed by atoms with Crippen LogP contribution in [0.3, 0.4) is 0 Å². The predicted molar refractivity (Wildman–Crippen MR) is 83.9 cm³/mol. The molecule has 0 fully saturated rings. The fourth-order valence-corrected chi connectivity index (χ4v) is 2.17. The molecule has 0 saturated heterocycles. The Balaban J connectivity index is 2.20. The van der Waals surface area contributed by atoms with Gasteiger partial charge in [0.25, 0.3) is 0 Å². The van der Waals surface area contributed by atoms with Crippen molar-refractivity contribution in [1.82, 2.24) is 9.97 Å². The average Bonchev–Trinajstić information content (AvgIpc) is 2.56. The largest absolute Gasteiger partial charge is 0.479 e. The molecule has 4 heteroatoms. The molecule has 0 unspecified atom stereocenters. The Hall–Kier alpha value is -2.88.